The Labute approximate surface area is 138 Å². The highest BCUT2D eigenvalue weighted by molar-refractivity contribution is 6.30. The molecule has 0 unspecified atom stereocenters. The van der Waals surface area contributed by atoms with Crippen LogP contribution < -0.4 is 5.73 Å². The van der Waals surface area contributed by atoms with Crippen molar-refractivity contribution in [3.05, 3.63) is 74.8 Å². The number of esters is 1. The number of hydrogen-bond acceptors (Lipinski definition) is 5. The summed E-state index contributed by atoms with van der Waals surface area (Å²) in [5.41, 5.74) is 7.34. The molecule has 2 rings (SSSR count). The minimum Gasteiger partial charge on any atom is -0.460 e. The van der Waals surface area contributed by atoms with Crippen molar-refractivity contribution in [1.29, 1.82) is 0 Å². The summed E-state index contributed by atoms with van der Waals surface area (Å²) in [7, 11) is 0. The van der Waals surface area contributed by atoms with Gasteiger partial charge in [-0.25, -0.2) is 0 Å². The molecule has 6 nitrogen and oxygen atoms in total. The average Bonchev–Trinajstić information content (AvgIpc) is 2.55. The van der Waals surface area contributed by atoms with Crippen LogP contribution in [0.15, 0.2) is 48.5 Å². The summed E-state index contributed by atoms with van der Waals surface area (Å²) in [5.74, 6) is -0.529. The van der Waals surface area contributed by atoms with Crippen LogP contribution in [0.2, 0.25) is 5.02 Å². The zero-order valence-corrected chi connectivity index (χ0v) is 12.9. The van der Waals surface area contributed by atoms with Gasteiger partial charge in [0.1, 0.15) is 12.6 Å². The van der Waals surface area contributed by atoms with Crippen LogP contribution in [0.5, 0.6) is 0 Å². The second kappa shape index (κ2) is 7.71. The molecule has 0 heterocycles. The molecule has 23 heavy (non-hydrogen) atoms. The van der Waals surface area contributed by atoms with Crippen LogP contribution in [-0.2, 0) is 22.6 Å². The first-order valence-corrected chi connectivity index (χ1v) is 7.23. The van der Waals surface area contributed by atoms with Crippen molar-refractivity contribution in [2.24, 2.45) is 5.73 Å². The molecule has 0 amide bonds. The number of carbonyl (C=O) groups is 1. The molecule has 0 bridgehead atoms. The summed E-state index contributed by atoms with van der Waals surface area (Å²) in [6.07, 6.45) is 0.344. The van der Waals surface area contributed by atoms with E-state index in [0.717, 1.165) is 5.56 Å². The van der Waals surface area contributed by atoms with Gasteiger partial charge < -0.3 is 10.5 Å². The van der Waals surface area contributed by atoms with Gasteiger partial charge in [0.05, 0.1) is 4.92 Å². The summed E-state index contributed by atoms with van der Waals surface area (Å²) >= 11 is 5.79. The lowest BCUT2D eigenvalue weighted by atomic mass is 10.1. The smallest absolute Gasteiger partial charge is 0.323 e. The van der Waals surface area contributed by atoms with Gasteiger partial charge in [0.25, 0.3) is 5.69 Å². The Morgan fingerprint density at radius 2 is 1.70 bits per heavy atom. The Hall–Kier alpha value is -2.44. The molecule has 0 aliphatic carbocycles. The number of benzene rings is 2. The maximum atomic E-state index is 11.9. The number of rotatable bonds is 6. The lowest BCUT2D eigenvalue weighted by Crippen LogP contribution is -2.34. The maximum Gasteiger partial charge on any atom is 0.323 e. The zero-order chi connectivity index (χ0) is 16.8. The van der Waals surface area contributed by atoms with Crippen molar-refractivity contribution in [3.63, 3.8) is 0 Å². The zero-order valence-electron chi connectivity index (χ0n) is 12.1. The number of hydrogen-bond donors (Lipinski definition) is 1. The number of carbonyl (C=O) groups excluding carboxylic acids is 1. The second-order valence-electron chi connectivity index (χ2n) is 4.97. The number of ether oxygens (including phenoxy) is 1. The SMILES string of the molecule is N[C@H](Cc1ccc(Cl)cc1)C(=O)OCc1ccc([N+](=O)[O-])cc1. The molecule has 0 fully saturated rings. The molecule has 2 N–H and O–H groups in total. The Balaban J connectivity index is 1.86. The van der Waals surface area contributed by atoms with E-state index in [9.17, 15) is 14.9 Å². The van der Waals surface area contributed by atoms with Crippen LogP contribution in [-0.4, -0.2) is 16.9 Å². The number of nitrogens with zero attached hydrogens (tertiary/aromatic N) is 1. The molecular weight excluding hydrogens is 320 g/mol. The van der Waals surface area contributed by atoms with E-state index in [-0.39, 0.29) is 12.3 Å². The number of non-ortho nitro benzene ring substituents is 1. The van der Waals surface area contributed by atoms with Gasteiger partial charge in [0, 0.05) is 17.2 Å². The van der Waals surface area contributed by atoms with Gasteiger partial charge in [-0.3, -0.25) is 14.9 Å². The summed E-state index contributed by atoms with van der Waals surface area (Å²) in [6.45, 7) is 0.0190. The van der Waals surface area contributed by atoms with Crippen molar-refractivity contribution in [3.8, 4) is 0 Å². The van der Waals surface area contributed by atoms with E-state index < -0.39 is 16.9 Å². The Morgan fingerprint density at radius 3 is 2.26 bits per heavy atom. The third kappa shape index (κ3) is 5.05. The molecule has 7 heteroatoms. The van der Waals surface area contributed by atoms with Crippen molar-refractivity contribution >= 4 is 23.3 Å². The second-order valence-corrected chi connectivity index (χ2v) is 5.40. The van der Waals surface area contributed by atoms with Crippen LogP contribution in [0.3, 0.4) is 0 Å². The molecule has 2 aromatic carbocycles. The molecule has 0 spiro atoms. The van der Waals surface area contributed by atoms with Gasteiger partial charge in [-0.2, -0.15) is 0 Å². The molecule has 0 aliphatic heterocycles. The Kier molecular flexibility index (Phi) is 5.67. The standard InChI is InChI=1S/C16H15ClN2O4/c17-13-5-1-11(2-6-13)9-15(18)16(20)23-10-12-3-7-14(8-4-12)19(21)22/h1-8,15H,9-10,18H2/t15-/m1/s1. The summed E-state index contributed by atoms with van der Waals surface area (Å²) in [4.78, 5) is 22.0. The van der Waals surface area contributed by atoms with Crippen LogP contribution >= 0.6 is 11.6 Å². The van der Waals surface area contributed by atoms with Gasteiger partial charge >= 0.3 is 5.97 Å². The Morgan fingerprint density at radius 1 is 1.13 bits per heavy atom. The molecule has 120 valence electrons. The van der Waals surface area contributed by atoms with Gasteiger partial charge in [0.15, 0.2) is 0 Å². The summed E-state index contributed by atoms with van der Waals surface area (Å²) in [6, 6.07) is 12.1. The van der Waals surface area contributed by atoms with Crippen molar-refractivity contribution < 1.29 is 14.5 Å². The van der Waals surface area contributed by atoms with Gasteiger partial charge in [-0.1, -0.05) is 23.7 Å². The first kappa shape index (κ1) is 16.9. The quantitative estimate of drug-likeness (QED) is 0.498. The van der Waals surface area contributed by atoms with Crippen LogP contribution in [0.4, 0.5) is 5.69 Å². The van der Waals surface area contributed by atoms with Crippen molar-refractivity contribution in [1.82, 2.24) is 0 Å². The van der Waals surface area contributed by atoms with E-state index in [1.807, 2.05) is 0 Å². The molecule has 0 aromatic heterocycles. The number of nitro groups is 1. The van der Waals surface area contributed by atoms with Gasteiger partial charge in [-0.15, -0.1) is 0 Å². The highest BCUT2D eigenvalue weighted by Gasteiger charge is 2.16. The fraction of sp³-hybridized carbons (Fsp3) is 0.188. The number of nitrogens with two attached hydrogens (primary N) is 1. The van der Waals surface area contributed by atoms with E-state index in [0.29, 0.717) is 17.0 Å². The third-order valence-corrected chi connectivity index (χ3v) is 3.45. The molecular formula is C16H15ClN2O4. The molecule has 2 aromatic rings. The lowest BCUT2D eigenvalue weighted by Gasteiger charge is -2.11. The summed E-state index contributed by atoms with van der Waals surface area (Å²) in [5, 5.41) is 11.2. The third-order valence-electron chi connectivity index (χ3n) is 3.20. The highest BCUT2D eigenvalue weighted by Crippen LogP contribution is 2.14. The normalized spacial score (nSPS) is 11.7. The molecule has 1 atom stereocenters. The maximum absolute atomic E-state index is 11.9. The van der Waals surface area contributed by atoms with E-state index in [2.05, 4.69) is 0 Å². The number of halogens is 1. The minimum absolute atomic E-state index is 0.0143. The van der Waals surface area contributed by atoms with E-state index in [1.54, 1.807) is 24.3 Å². The van der Waals surface area contributed by atoms with E-state index >= 15 is 0 Å². The number of nitro benzene ring substituents is 1. The monoisotopic (exact) mass is 334 g/mol. The van der Waals surface area contributed by atoms with E-state index in [1.165, 1.54) is 24.3 Å². The Bertz CT molecular complexity index is 686. The molecule has 0 saturated carbocycles. The summed E-state index contributed by atoms with van der Waals surface area (Å²) < 4.78 is 5.13. The molecule has 0 aliphatic rings. The minimum atomic E-state index is -0.783. The van der Waals surface area contributed by atoms with Crippen LogP contribution in [0, 0.1) is 10.1 Å². The predicted molar refractivity (Wildman–Crippen MR) is 86.0 cm³/mol. The fourth-order valence-corrected chi connectivity index (χ4v) is 2.06. The topological polar surface area (TPSA) is 95.5 Å². The van der Waals surface area contributed by atoms with Crippen LogP contribution in [0.25, 0.3) is 0 Å². The first-order chi connectivity index (χ1) is 11.0. The highest BCUT2D eigenvalue weighted by atomic mass is 35.5. The largest absolute Gasteiger partial charge is 0.460 e. The molecule has 0 saturated heterocycles. The van der Waals surface area contributed by atoms with E-state index in [4.69, 9.17) is 22.1 Å². The first-order valence-electron chi connectivity index (χ1n) is 6.85. The van der Waals surface area contributed by atoms with Crippen LogP contribution in [0.1, 0.15) is 11.1 Å². The van der Waals surface area contributed by atoms with Crippen molar-refractivity contribution in [2.75, 3.05) is 0 Å². The van der Waals surface area contributed by atoms with Crippen molar-refractivity contribution in [2.45, 2.75) is 19.1 Å². The molecule has 0 radical (unpaired) electrons. The predicted octanol–water partition coefficient (Wildman–Crippen LogP) is 2.86. The van der Waals surface area contributed by atoms with Gasteiger partial charge in [-0.05, 0) is 41.8 Å². The fourth-order valence-electron chi connectivity index (χ4n) is 1.93. The lowest BCUT2D eigenvalue weighted by molar-refractivity contribution is -0.384. The average molecular weight is 335 g/mol. The van der Waals surface area contributed by atoms with Gasteiger partial charge in [0.2, 0.25) is 0 Å².